The third kappa shape index (κ3) is 3.84. The molecule has 5 nitrogen and oxygen atoms in total. The molecule has 0 aliphatic carbocycles. The molecule has 6 heteroatoms. The zero-order chi connectivity index (χ0) is 16.1. The van der Waals surface area contributed by atoms with Gasteiger partial charge >= 0.3 is 0 Å². The molecule has 0 bridgehead atoms. The van der Waals surface area contributed by atoms with E-state index in [4.69, 9.17) is 4.74 Å². The minimum atomic E-state index is -0.325. The van der Waals surface area contributed by atoms with E-state index in [1.165, 1.54) is 23.9 Å². The molecule has 1 aromatic heterocycles. The molecule has 2 aromatic rings. The first-order valence-corrected chi connectivity index (χ1v) is 7.19. The van der Waals surface area contributed by atoms with Gasteiger partial charge in [-0.15, -0.1) is 0 Å². The SMILES string of the molecule is COc1cn(-c2ccc(F)cc2)nc1C(=O)NCCC(C)C. The summed E-state index contributed by atoms with van der Waals surface area (Å²) >= 11 is 0. The number of hydrogen-bond donors (Lipinski definition) is 1. The van der Waals surface area contributed by atoms with Gasteiger partial charge in [0.25, 0.3) is 5.91 Å². The van der Waals surface area contributed by atoms with Crippen LogP contribution in [0.4, 0.5) is 4.39 Å². The number of hydrogen-bond acceptors (Lipinski definition) is 3. The summed E-state index contributed by atoms with van der Waals surface area (Å²) < 4.78 is 19.7. The van der Waals surface area contributed by atoms with E-state index in [0.29, 0.717) is 23.9 Å². The zero-order valence-electron chi connectivity index (χ0n) is 13.0. The van der Waals surface area contributed by atoms with Gasteiger partial charge in [-0.2, -0.15) is 5.10 Å². The van der Waals surface area contributed by atoms with Crippen LogP contribution in [0.1, 0.15) is 30.8 Å². The smallest absolute Gasteiger partial charge is 0.275 e. The summed E-state index contributed by atoms with van der Waals surface area (Å²) in [6.07, 6.45) is 2.50. The van der Waals surface area contributed by atoms with E-state index >= 15 is 0 Å². The van der Waals surface area contributed by atoms with Crippen LogP contribution in [0.3, 0.4) is 0 Å². The lowest BCUT2D eigenvalue weighted by Crippen LogP contribution is -2.26. The Labute approximate surface area is 129 Å². The highest BCUT2D eigenvalue weighted by molar-refractivity contribution is 5.94. The number of ether oxygens (including phenoxy) is 1. The van der Waals surface area contributed by atoms with Crippen molar-refractivity contribution in [1.29, 1.82) is 0 Å². The van der Waals surface area contributed by atoms with Gasteiger partial charge in [-0.25, -0.2) is 9.07 Å². The standard InChI is InChI=1S/C16H20FN3O2/c1-11(2)8-9-18-16(21)15-14(22-3)10-20(19-15)13-6-4-12(17)5-7-13/h4-7,10-11H,8-9H2,1-3H3,(H,18,21). The first-order valence-electron chi connectivity index (χ1n) is 7.19. The normalized spacial score (nSPS) is 10.8. The van der Waals surface area contributed by atoms with E-state index in [1.54, 1.807) is 18.3 Å². The first-order chi connectivity index (χ1) is 10.5. The summed E-state index contributed by atoms with van der Waals surface area (Å²) in [6, 6.07) is 5.85. The first kappa shape index (κ1) is 16.0. The Morgan fingerprint density at radius 2 is 2.05 bits per heavy atom. The van der Waals surface area contributed by atoms with Crippen LogP contribution >= 0.6 is 0 Å². The summed E-state index contributed by atoms with van der Waals surface area (Å²) in [5.41, 5.74) is 0.872. The number of benzene rings is 1. The van der Waals surface area contributed by atoms with Gasteiger partial charge in [0.05, 0.1) is 19.0 Å². The Morgan fingerprint density at radius 3 is 2.64 bits per heavy atom. The second-order valence-corrected chi connectivity index (χ2v) is 5.41. The summed E-state index contributed by atoms with van der Waals surface area (Å²) in [7, 11) is 1.48. The van der Waals surface area contributed by atoms with E-state index in [9.17, 15) is 9.18 Å². The number of halogens is 1. The fraction of sp³-hybridized carbons (Fsp3) is 0.375. The average Bonchev–Trinajstić information content (AvgIpc) is 2.91. The van der Waals surface area contributed by atoms with Crippen molar-refractivity contribution in [3.63, 3.8) is 0 Å². The van der Waals surface area contributed by atoms with Gasteiger partial charge < -0.3 is 10.1 Å². The minimum Gasteiger partial charge on any atom is -0.493 e. The highest BCUT2D eigenvalue weighted by atomic mass is 19.1. The van der Waals surface area contributed by atoms with Crippen LogP contribution in [-0.4, -0.2) is 29.3 Å². The molecule has 0 aliphatic heterocycles. The second-order valence-electron chi connectivity index (χ2n) is 5.41. The molecule has 0 saturated heterocycles. The van der Waals surface area contributed by atoms with E-state index in [1.807, 2.05) is 0 Å². The zero-order valence-corrected chi connectivity index (χ0v) is 13.0. The van der Waals surface area contributed by atoms with Crippen molar-refractivity contribution in [2.45, 2.75) is 20.3 Å². The number of rotatable bonds is 6. The number of carbonyl (C=O) groups is 1. The third-order valence-electron chi connectivity index (χ3n) is 3.21. The lowest BCUT2D eigenvalue weighted by Gasteiger charge is -2.06. The maximum Gasteiger partial charge on any atom is 0.275 e. The molecule has 0 aliphatic rings. The maximum atomic E-state index is 13.0. The molecule has 118 valence electrons. The van der Waals surface area contributed by atoms with Crippen LogP contribution in [0.25, 0.3) is 5.69 Å². The second kappa shape index (κ2) is 7.06. The van der Waals surface area contributed by atoms with E-state index < -0.39 is 0 Å². The van der Waals surface area contributed by atoms with Crippen molar-refractivity contribution in [3.05, 3.63) is 42.0 Å². The molecule has 2 rings (SSSR count). The van der Waals surface area contributed by atoms with Gasteiger partial charge in [-0.05, 0) is 36.6 Å². The van der Waals surface area contributed by atoms with Gasteiger partial charge in [0, 0.05) is 6.54 Å². The minimum absolute atomic E-state index is 0.218. The largest absolute Gasteiger partial charge is 0.493 e. The fourth-order valence-electron chi connectivity index (χ4n) is 1.95. The number of methoxy groups -OCH3 is 1. The highest BCUT2D eigenvalue weighted by Gasteiger charge is 2.18. The van der Waals surface area contributed by atoms with Gasteiger partial charge in [-0.1, -0.05) is 13.8 Å². The van der Waals surface area contributed by atoms with Gasteiger partial charge in [0.15, 0.2) is 11.4 Å². The molecular formula is C16H20FN3O2. The summed E-state index contributed by atoms with van der Waals surface area (Å²) in [5.74, 6) is 0.290. The number of amides is 1. The fourth-order valence-corrected chi connectivity index (χ4v) is 1.95. The van der Waals surface area contributed by atoms with Crippen molar-refractivity contribution in [1.82, 2.24) is 15.1 Å². The Hall–Kier alpha value is -2.37. The summed E-state index contributed by atoms with van der Waals surface area (Å²) in [4.78, 5) is 12.2. The molecular weight excluding hydrogens is 285 g/mol. The molecule has 0 atom stereocenters. The van der Waals surface area contributed by atoms with Crippen LogP contribution in [0.2, 0.25) is 0 Å². The predicted octanol–water partition coefficient (Wildman–Crippen LogP) is 2.80. The lowest BCUT2D eigenvalue weighted by atomic mass is 10.1. The summed E-state index contributed by atoms with van der Waals surface area (Å²) in [5, 5.41) is 7.06. The van der Waals surface area contributed by atoms with Gasteiger partial charge in [0.2, 0.25) is 0 Å². The molecule has 0 spiro atoms. The van der Waals surface area contributed by atoms with Gasteiger partial charge in [-0.3, -0.25) is 4.79 Å². The van der Waals surface area contributed by atoms with Crippen molar-refractivity contribution in [2.75, 3.05) is 13.7 Å². The quantitative estimate of drug-likeness (QED) is 0.893. The molecule has 1 N–H and O–H groups in total. The van der Waals surface area contributed by atoms with Crippen LogP contribution < -0.4 is 10.1 Å². The Balaban J connectivity index is 2.17. The van der Waals surface area contributed by atoms with Crippen LogP contribution in [-0.2, 0) is 0 Å². The summed E-state index contributed by atoms with van der Waals surface area (Å²) in [6.45, 7) is 4.77. The predicted molar refractivity (Wildman–Crippen MR) is 81.9 cm³/mol. The maximum absolute atomic E-state index is 13.0. The van der Waals surface area contributed by atoms with E-state index in [2.05, 4.69) is 24.3 Å². The lowest BCUT2D eigenvalue weighted by molar-refractivity contribution is 0.0943. The molecule has 22 heavy (non-hydrogen) atoms. The Bertz CT molecular complexity index is 635. The number of nitrogens with one attached hydrogen (secondary N) is 1. The average molecular weight is 305 g/mol. The number of carbonyl (C=O) groups excluding carboxylic acids is 1. The van der Waals surface area contributed by atoms with Crippen molar-refractivity contribution < 1.29 is 13.9 Å². The molecule has 1 amide bonds. The van der Waals surface area contributed by atoms with Crippen LogP contribution in [0.15, 0.2) is 30.5 Å². The monoisotopic (exact) mass is 305 g/mol. The van der Waals surface area contributed by atoms with Crippen molar-refractivity contribution >= 4 is 5.91 Å². The number of nitrogens with zero attached hydrogens (tertiary/aromatic N) is 2. The molecule has 0 saturated carbocycles. The molecule has 1 aromatic carbocycles. The van der Waals surface area contributed by atoms with Crippen molar-refractivity contribution in [2.24, 2.45) is 5.92 Å². The molecule has 0 radical (unpaired) electrons. The highest BCUT2D eigenvalue weighted by Crippen LogP contribution is 2.19. The van der Waals surface area contributed by atoms with Crippen molar-refractivity contribution in [3.8, 4) is 11.4 Å². The van der Waals surface area contributed by atoms with Crippen LogP contribution in [0.5, 0.6) is 5.75 Å². The molecule has 0 fully saturated rings. The molecule has 0 unspecified atom stereocenters. The number of aromatic nitrogens is 2. The Morgan fingerprint density at radius 1 is 1.36 bits per heavy atom. The topological polar surface area (TPSA) is 56.2 Å². The van der Waals surface area contributed by atoms with Crippen LogP contribution in [0, 0.1) is 11.7 Å². The van der Waals surface area contributed by atoms with E-state index in [0.717, 1.165) is 6.42 Å². The van der Waals surface area contributed by atoms with E-state index in [-0.39, 0.29) is 17.4 Å². The molecule has 1 heterocycles. The Kier molecular flexibility index (Phi) is 5.14. The van der Waals surface area contributed by atoms with Gasteiger partial charge in [0.1, 0.15) is 5.82 Å². The third-order valence-corrected chi connectivity index (χ3v) is 3.21.